The predicted molar refractivity (Wildman–Crippen MR) is 120 cm³/mol. The van der Waals surface area contributed by atoms with Crippen LogP contribution in [0.2, 0.25) is 0 Å². The second-order valence-corrected chi connectivity index (χ2v) is 9.01. The number of nitrogens with one attached hydrogen (secondary N) is 1. The molecule has 162 valence electrons. The summed E-state index contributed by atoms with van der Waals surface area (Å²) >= 11 is 1.06. The lowest BCUT2D eigenvalue weighted by molar-refractivity contribution is -0.123. The lowest BCUT2D eigenvalue weighted by Crippen LogP contribution is -2.50. The normalized spacial score (nSPS) is 12.3. The maximum absolute atomic E-state index is 13.7. The van der Waals surface area contributed by atoms with Gasteiger partial charge < -0.3 is 5.32 Å². The van der Waals surface area contributed by atoms with E-state index in [1.807, 2.05) is 52.8 Å². The Hall–Kier alpha value is -3.13. The van der Waals surface area contributed by atoms with Crippen LogP contribution in [0.25, 0.3) is 0 Å². The summed E-state index contributed by atoms with van der Waals surface area (Å²) in [5.74, 6) is -1.25. The van der Waals surface area contributed by atoms with Crippen molar-refractivity contribution in [3.63, 3.8) is 0 Å². The van der Waals surface area contributed by atoms with Crippen molar-refractivity contribution in [1.29, 1.82) is 0 Å². The molecule has 31 heavy (non-hydrogen) atoms. The van der Waals surface area contributed by atoms with Crippen molar-refractivity contribution in [2.45, 2.75) is 46.2 Å². The molecule has 0 aliphatic rings. The van der Waals surface area contributed by atoms with E-state index in [-0.39, 0.29) is 11.6 Å². The van der Waals surface area contributed by atoms with E-state index in [4.69, 9.17) is 0 Å². The molecule has 1 N–H and O–H groups in total. The average molecular weight is 441 g/mol. The highest BCUT2D eigenvalue weighted by molar-refractivity contribution is 7.03. The number of benzene rings is 2. The Morgan fingerprint density at radius 1 is 1.06 bits per heavy atom. The fraction of sp³-hybridized carbons (Fsp3) is 0.304. The average Bonchev–Trinajstić information content (AvgIpc) is 3.21. The van der Waals surface area contributed by atoms with E-state index in [1.54, 1.807) is 5.38 Å². The van der Waals surface area contributed by atoms with E-state index in [0.717, 1.165) is 22.7 Å². The Morgan fingerprint density at radius 3 is 2.19 bits per heavy atom. The van der Waals surface area contributed by atoms with Gasteiger partial charge in [-0.3, -0.25) is 14.5 Å². The topological polar surface area (TPSA) is 75.2 Å². The molecule has 2 aromatic carbocycles. The van der Waals surface area contributed by atoms with Crippen molar-refractivity contribution < 1.29 is 14.0 Å². The zero-order valence-corrected chi connectivity index (χ0v) is 19.0. The number of hydrogen-bond donors (Lipinski definition) is 1. The molecule has 0 saturated carbocycles. The van der Waals surface area contributed by atoms with Crippen LogP contribution in [0.5, 0.6) is 0 Å². The summed E-state index contributed by atoms with van der Waals surface area (Å²) in [5.41, 5.74) is 2.36. The summed E-state index contributed by atoms with van der Waals surface area (Å²) in [4.78, 5) is 28.6. The number of hydrogen-bond acceptors (Lipinski definition) is 5. The first-order valence-electron chi connectivity index (χ1n) is 9.83. The van der Waals surface area contributed by atoms with Gasteiger partial charge in [0.2, 0.25) is 5.91 Å². The molecule has 0 unspecified atom stereocenters. The van der Waals surface area contributed by atoms with Gasteiger partial charge in [0.25, 0.3) is 5.91 Å². The Labute approximate surface area is 185 Å². The molecule has 0 bridgehead atoms. The van der Waals surface area contributed by atoms with Crippen LogP contribution < -0.4 is 10.2 Å². The van der Waals surface area contributed by atoms with Crippen LogP contribution in [-0.4, -0.2) is 26.9 Å². The van der Waals surface area contributed by atoms with Gasteiger partial charge in [-0.15, -0.1) is 5.10 Å². The van der Waals surface area contributed by atoms with Crippen molar-refractivity contribution in [3.05, 3.63) is 76.0 Å². The van der Waals surface area contributed by atoms with Crippen LogP contribution in [0.4, 0.5) is 10.1 Å². The number of aromatic nitrogens is 2. The van der Waals surface area contributed by atoms with Gasteiger partial charge in [0.1, 0.15) is 11.9 Å². The molecule has 0 radical (unpaired) electrons. The van der Waals surface area contributed by atoms with Gasteiger partial charge in [-0.05, 0) is 75.0 Å². The third-order valence-electron chi connectivity index (χ3n) is 4.67. The second kappa shape index (κ2) is 8.93. The zero-order chi connectivity index (χ0) is 22.8. The highest BCUT2D eigenvalue weighted by Crippen LogP contribution is 2.34. The summed E-state index contributed by atoms with van der Waals surface area (Å²) in [7, 11) is 0. The smallest absolute Gasteiger partial charge is 0.280 e. The van der Waals surface area contributed by atoms with Crippen LogP contribution in [-0.2, 0) is 4.79 Å². The van der Waals surface area contributed by atoms with Crippen LogP contribution >= 0.6 is 11.5 Å². The van der Waals surface area contributed by atoms with Crippen molar-refractivity contribution >= 4 is 29.0 Å². The minimum atomic E-state index is -1.03. The SMILES string of the molecule is Cc1cccc(C)c1N(C(=O)c1csnn1)[C@@H](C(=O)NC(C)(C)C)c1ccc(F)cc1. The molecule has 1 atom stereocenters. The summed E-state index contributed by atoms with van der Waals surface area (Å²) in [6.45, 7) is 9.35. The number of anilines is 1. The van der Waals surface area contributed by atoms with E-state index in [2.05, 4.69) is 14.9 Å². The lowest BCUT2D eigenvalue weighted by atomic mass is 9.98. The minimum absolute atomic E-state index is 0.142. The molecule has 3 rings (SSSR count). The van der Waals surface area contributed by atoms with Crippen LogP contribution in [0.15, 0.2) is 47.8 Å². The Kier molecular flexibility index (Phi) is 6.50. The Bertz CT molecular complexity index is 1060. The molecule has 1 heterocycles. The maximum Gasteiger partial charge on any atom is 0.280 e. The first kappa shape index (κ1) is 22.6. The van der Waals surface area contributed by atoms with Crippen molar-refractivity contribution in [3.8, 4) is 0 Å². The third kappa shape index (κ3) is 5.14. The van der Waals surface area contributed by atoms with Crippen LogP contribution in [0.3, 0.4) is 0 Å². The number of para-hydroxylation sites is 1. The quantitative estimate of drug-likeness (QED) is 0.629. The molecule has 2 amide bonds. The fourth-order valence-electron chi connectivity index (χ4n) is 3.42. The molecular formula is C23H25FN4O2S. The Balaban J connectivity index is 2.25. The number of carbonyl (C=O) groups excluding carboxylic acids is 2. The van der Waals surface area contributed by atoms with Crippen LogP contribution in [0, 0.1) is 19.7 Å². The summed E-state index contributed by atoms with van der Waals surface area (Å²) in [6.07, 6.45) is 0. The monoisotopic (exact) mass is 440 g/mol. The molecule has 3 aromatic rings. The molecule has 6 nitrogen and oxygen atoms in total. The Morgan fingerprint density at radius 2 is 1.68 bits per heavy atom. The van der Waals surface area contributed by atoms with Crippen molar-refractivity contribution in [2.75, 3.05) is 4.90 Å². The molecule has 0 aliphatic heterocycles. The van der Waals surface area contributed by atoms with Gasteiger partial charge >= 0.3 is 0 Å². The number of aryl methyl sites for hydroxylation is 2. The van der Waals surface area contributed by atoms with E-state index >= 15 is 0 Å². The molecule has 8 heteroatoms. The first-order chi connectivity index (χ1) is 14.6. The van der Waals surface area contributed by atoms with Crippen LogP contribution in [0.1, 0.15) is 54.0 Å². The number of amides is 2. The molecule has 0 fully saturated rings. The van der Waals surface area contributed by atoms with Gasteiger partial charge in [-0.25, -0.2) is 4.39 Å². The van der Waals surface area contributed by atoms with Gasteiger partial charge in [0.05, 0.1) is 5.69 Å². The first-order valence-corrected chi connectivity index (χ1v) is 10.7. The highest BCUT2D eigenvalue weighted by Gasteiger charge is 2.37. The molecule has 1 aromatic heterocycles. The fourth-order valence-corrected chi connectivity index (χ4v) is 3.85. The number of rotatable bonds is 5. The van der Waals surface area contributed by atoms with Crippen molar-refractivity contribution in [2.24, 2.45) is 0 Å². The predicted octanol–water partition coefficient (Wildman–Crippen LogP) is 4.60. The van der Waals surface area contributed by atoms with Gasteiger partial charge in [-0.2, -0.15) is 0 Å². The summed E-state index contributed by atoms with van der Waals surface area (Å²) in [5, 5.41) is 8.44. The van der Waals surface area contributed by atoms with Gasteiger partial charge in [-0.1, -0.05) is 34.8 Å². The van der Waals surface area contributed by atoms with E-state index in [9.17, 15) is 14.0 Å². The number of carbonyl (C=O) groups is 2. The summed E-state index contributed by atoms with van der Waals surface area (Å²) < 4.78 is 17.5. The minimum Gasteiger partial charge on any atom is -0.349 e. The largest absolute Gasteiger partial charge is 0.349 e. The molecule has 0 saturated heterocycles. The zero-order valence-electron chi connectivity index (χ0n) is 18.1. The molecular weight excluding hydrogens is 415 g/mol. The van der Waals surface area contributed by atoms with Gasteiger partial charge in [0.15, 0.2) is 5.69 Å². The van der Waals surface area contributed by atoms with Gasteiger partial charge in [0, 0.05) is 10.9 Å². The van der Waals surface area contributed by atoms with E-state index < -0.39 is 23.3 Å². The third-order valence-corrected chi connectivity index (χ3v) is 5.17. The molecule has 0 aliphatic carbocycles. The van der Waals surface area contributed by atoms with E-state index in [1.165, 1.54) is 29.2 Å². The summed E-state index contributed by atoms with van der Waals surface area (Å²) in [6, 6.07) is 10.2. The second-order valence-electron chi connectivity index (χ2n) is 8.40. The van der Waals surface area contributed by atoms with E-state index in [0.29, 0.717) is 11.3 Å². The van der Waals surface area contributed by atoms with Crippen molar-refractivity contribution in [1.82, 2.24) is 14.9 Å². The lowest BCUT2D eigenvalue weighted by Gasteiger charge is -2.35. The standard InChI is InChI=1S/C23H25FN4O2S/c1-14-7-6-8-15(2)19(14)28(22(30)18-13-31-27-26-18)20(21(29)25-23(3,4)5)16-9-11-17(24)12-10-16/h6-13,20H,1-5H3,(H,25,29)/t20-/m1/s1. The number of halogens is 1. The highest BCUT2D eigenvalue weighted by atomic mass is 32.1. The molecule has 0 spiro atoms. The number of nitrogens with zero attached hydrogens (tertiary/aromatic N) is 3. The maximum atomic E-state index is 13.7.